The van der Waals surface area contributed by atoms with Crippen molar-refractivity contribution in [3.63, 3.8) is 0 Å². The lowest BCUT2D eigenvalue weighted by Gasteiger charge is -2.34. The lowest BCUT2D eigenvalue weighted by molar-refractivity contribution is 0.216. The highest BCUT2D eigenvalue weighted by atomic mass is 14.6. The summed E-state index contributed by atoms with van der Waals surface area (Å²) < 4.78 is 0. The molecule has 1 aromatic rings. The summed E-state index contributed by atoms with van der Waals surface area (Å²) in [7, 11) is 0. The zero-order valence-electron chi connectivity index (χ0n) is 9.38. The van der Waals surface area contributed by atoms with Crippen molar-refractivity contribution in [2.45, 2.75) is 40.0 Å². The Balaban J connectivity index is 2.22. The molecule has 0 radical (unpaired) electrons. The molecule has 0 aliphatic heterocycles. The van der Waals surface area contributed by atoms with Crippen LogP contribution in [-0.4, -0.2) is 4.98 Å². The van der Waals surface area contributed by atoms with Crippen molar-refractivity contribution in [1.82, 2.24) is 4.98 Å². The molecule has 1 aliphatic carbocycles. The van der Waals surface area contributed by atoms with Crippen molar-refractivity contribution in [1.29, 1.82) is 0 Å². The van der Waals surface area contributed by atoms with E-state index in [1.807, 2.05) is 12.4 Å². The van der Waals surface area contributed by atoms with Crippen LogP contribution < -0.4 is 0 Å². The zero-order valence-corrected chi connectivity index (χ0v) is 9.38. The first-order chi connectivity index (χ1) is 6.57. The van der Waals surface area contributed by atoms with Gasteiger partial charge in [0.1, 0.15) is 0 Å². The second-order valence-corrected chi connectivity index (χ2v) is 5.45. The summed E-state index contributed by atoms with van der Waals surface area (Å²) >= 11 is 0. The Labute approximate surface area is 86.6 Å². The number of aryl methyl sites for hydroxylation is 1. The molecule has 0 N–H and O–H groups in total. The quantitative estimate of drug-likeness (QED) is 0.610. The number of nitrogens with zero attached hydrogens (tertiary/aromatic N) is 1. The smallest absolute Gasteiger partial charge is 0.0302 e. The molecule has 0 amide bonds. The van der Waals surface area contributed by atoms with Crippen LogP contribution in [0.2, 0.25) is 0 Å². The average molecular weight is 189 g/mol. The fourth-order valence-corrected chi connectivity index (χ4v) is 2.32. The first-order valence-corrected chi connectivity index (χ1v) is 5.49. The van der Waals surface area contributed by atoms with Crippen molar-refractivity contribution in [3.05, 3.63) is 29.6 Å². The fraction of sp³-hybridized carbons (Fsp3) is 0.615. The molecule has 1 unspecified atom stereocenters. The Kier molecular flexibility index (Phi) is 2.34. The Morgan fingerprint density at radius 3 is 2.79 bits per heavy atom. The maximum absolute atomic E-state index is 4.19. The van der Waals surface area contributed by atoms with Gasteiger partial charge in [-0.25, -0.2) is 0 Å². The second-order valence-electron chi connectivity index (χ2n) is 5.45. The van der Waals surface area contributed by atoms with Crippen LogP contribution in [0.5, 0.6) is 0 Å². The molecule has 1 heterocycles. The van der Waals surface area contributed by atoms with Crippen LogP contribution in [0.25, 0.3) is 0 Å². The van der Waals surface area contributed by atoms with Crippen LogP contribution >= 0.6 is 0 Å². The molecule has 0 saturated carbocycles. The van der Waals surface area contributed by atoms with Gasteiger partial charge in [-0.15, -0.1) is 0 Å². The van der Waals surface area contributed by atoms with Gasteiger partial charge in [0.15, 0.2) is 0 Å². The molecule has 1 atom stereocenters. The second kappa shape index (κ2) is 3.38. The van der Waals surface area contributed by atoms with Gasteiger partial charge in [-0.2, -0.15) is 0 Å². The molecule has 0 fully saturated rings. The summed E-state index contributed by atoms with van der Waals surface area (Å²) in [6, 6.07) is 2.19. The first-order valence-electron chi connectivity index (χ1n) is 5.49. The van der Waals surface area contributed by atoms with Crippen LogP contribution in [0.4, 0.5) is 0 Å². The van der Waals surface area contributed by atoms with E-state index in [4.69, 9.17) is 0 Å². The summed E-state index contributed by atoms with van der Waals surface area (Å²) in [6.07, 6.45) is 7.73. The predicted octanol–water partition coefficient (Wildman–Crippen LogP) is 3.23. The van der Waals surface area contributed by atoms with Gasteiger partial charge in [0.25, 0.3) is 0 Å². The summed E-state index contributed by atoms with van der Waals surface area (Å²) in [6.45, 7) is 7.05. The molecular weight excluding hydrogens is 170 g/mol. The number of hydrogen-bond acceptors (Lipinski definition) is 1. The van der Waals surface area contributed by atoms with Crippen molar-refractivity contribution in [2.24, 2.45) is 11.3 Å². The maximum atomic E-state index is 4.19. The third-order valence-electron chi connectivity index (χ3n) is 3.46. The highest BCUT2D eigenvalue weighted by Crippen LogP contribution is 2.36. The van der Waals surface area contributed by atoms with Crippen molar-refractivity contribution >= 4 is 0 Å². The van der Waals surface area contributed by atoms with Gasteiger partial charge in [-0.05, 0) is 47.8 Å². The van der Waals surface area contributed by atoms with Gasteiger partial charge in [-0.1, -0.05) is 20.8 Å². The zero-order chi connectivity index (χ0) is 10.2. The van der Waals surface area contributed by atoms with Crippen molar-refractivity contribution < 1.29 is 0 Å². The van der Waals surface area contributed by atoms with Crippen molar-refractivity contribution in [2.75, 3.05) is 0 Å². The normalized spacial score (nSPS) is 21.8. The molecule has 0 aromatic carbocycles. The molecule has 76 valence electrons. The largest absolute Gasteiger partial charge is 0.264 e. The van der Waals surface area contributed by atoms with Gasteiger partial charge >= 0.3 is 0 Å². The van der Waals surface area contributed by atoms with Gasteiger partial charge in [0, 0.05) is 12.4 Å². The lowest BCUT2D eigenvalue weighted by Crippen LogP contribution is -2.26. The number of hydrogen-bond donors (Lipinski definition) is 0. The fourth-order valence-electron chi connectivity index (χ4n) is 2.32. The van der Waals surface area contributed by atoms with E-state index in [1.54, 1.807) is 0 Å². The minimum Gasteiger partial charge on any atom is -0.264 e. The number of rotatable bonds is 0. The molecule has 0 saturated heterocycles. The number of aromatic nitrogens is 1. The van der Waals surface area contributed by atoms with Gasteiger partial charge in [0.2, 0.25) is 0 Å². The molecular formula is C13H19N. The highest BCUT2D eigenvalue weighted by Gasteiger charge is 2.28. The molecule has 0 spiro atoms. The number of fused-ring (bicyclic) bond motifs is 1. The van der Waals surface area contributed by atoms with Gasteiger partial charge in [0.05, 0.1) is 0 Å². The summed E-state index contributed by atoms with van der Waals surface area (Å²) in [5.74, 6) is 0.831. The average Bonchev–Trinajstić information content (AvgIpc) is 2.16. The number of pyridine rings is 1. The van der Waals surface area contributed by atoms with Gasteiger partial charge < -0.3 is 0 Å². The first kappa shape index (κ1) is 9.70. The monoisotopic (exact) mass is 189 g/mol. The van der Waals surface area contributed by atoms with Crippen LogP contribution in [0.3, 0.4) is 0 Å². The maximum Gasteiger partial charge on any atom is 0.0302 e. The predicted molar refractivity (Wildman–Crippen MR) is 59.2 cm³/mol. The Hall–Kier alpha value is -0.850. The minimum absolute atomic E-state index is 0.445. The van der Waals surface area contributed by atoms with E-state index in [0.29, 0.717) is 5.41 Å². The molecule has 14 heavy (non-hydrogen) atoms. The minimum atomic E-state index is 0.445. The van der Waals surface area contributed by atoms with Crippen molar-refractivity contribution in [3.8, 4) is 0 Å². The van der Waals surface area contributed by atoms with E-state index >= 15 is 0 Å². The SMILES string of the molecule is CC(C)(C)C1CCc2cnccc2C1. The lowest BCUT2D eigenvalue weighted by atomic mass is 9.71. The van der Waals surface area contributed by atoms with E-state index in [9.17, 15) is 0 Å². The van der Waals surface area contributed by atoms with Crippen LogP contribution in [0.15, 0.2) is 18.5 Å². The van der Waals surface area contributed by atoms with Gasteiger partial charge in [-0.3, -0.25) is 4.98 Å². The topological polar surface area (TPSA) is 12.9 Å². The Morgan fingerprint density at radius 2 is 2.07 bits per heavy atom. The van der Waals surface area contributed by atoms with Crippen LogP contribution in [-0.2, 0) is 12.8 Å². The summed E-state index contributed by atoms with van der Waals surface area (Å²) in [5.41, 5.74) is 3.43. The van der Waals surface area contributed by atoms with E-state index in [-0.39, 0.29) is 0 Å². The Bertz CT molecular complexity index is 322. The van der Waals surface area contributed by atoms with E-state index in [2.05, 4.69) is 31.8 Å². The van der Waals surface area contributed by atoms with E-state index in [1.165, 1.54) is 30.4 Å². The standard InChI is InChI=1S/C13H19N/c1-13(2,3)12-5-4-11-9-14-7-6-10(11)8-12/h6-7,9,12H,4-5,8H2,1-3H3. The summed E-state index contributed by atoms with van der Waals surface area (Å²) in [4.78, 5) is 4.19. The van der Waals surface area contributed by atoms with Crippen LogP contribution in [0, 0.1) is 11.3 Å². The molecule has 1 aromatic heterocycles. The third kappa shape index (κ3) is 1.82. The molecule has 2 rings (SSSR count). The molecule has 0 bridgehead atoms. The summed E-state index contributed by atoms with van der Waals surface area (Å²) in [5, 5.41) is 0. The van der Waals surface area contributed by atoms with E-state index in [0.717, 1.165) is 5.92 Å². The Morgan fingerprint density at radius 1 is 1.29 bits per heavy atom. The molecule has 1 aliphatic rings. The molecule has 1 heteroatoms. The molecule has 1 nitrogen and oxygen atoms in total. The van der Waals surface area contributed by atoms with Crippen LogP contribution in [0.1, 0.15) is 38.3 Å². The highest BCUT2D eigenvalue weighted by molar-refractivity contribution is 5.26. The third-order valence-corrected chi connectivity index (χ3v) is 3.46. The van der Waals surface area contributed by atoms with E-state index < -0.39 is 0 Å².